The van der Waals surface area contributed by atoms with Gasteiger partial charge in [-0.3, -0.25) is 9.69 Å². The highest BCUT2D eigenvalue weighted by molar-refractivity contribution is 7.20. The maximum atomic E-state index is 13.7. The lowest BCUT2D eigenvalue weighted by molar-refractivity contribution is 0.0990. The zero-order chi connectivity index (χ0) is 21.8. The van der Waals surface area contributed by atoms with Crippen LogP contribution in [0.4, 0.5) is 11.6 Å². The number of rotatable bonds is 2. The first-order valence-electron chi connectivity index (χ1n) is 10.4. The zero-order valence-corrected chi connectivity index (χ0v) is 18.5. The topological polar surface area (TPSA) is 67.2 Å². The molecule has 0 fully saturated rings. The predicted octanol–water partition coefficient (Wildman–Crippen LogP) is 4.44. The molecule has 0 N–H and O–H groups in total. The van der Waals surface area contributed by atoms with Crippen molar-refractivity contribution in [3.05, 3.63) is 71.2 Å². The molecular formula is C24H20N6OS. The van der Waals surface area contributed by atoms with Crippen molar-refractivity contribution in [2.75, 3.05) is 29.9 Å². The third kappa shape index (κ3) is 2.87. The van der Waals surface area contributed by atoms with Gasteiger partial charge < -0.3 is 4.90 Å². The number of aryl methyl sites for hydroxylation is 1. The van der Waals surface area contributed by atoms with Crippen molar-refractivity contribution in [1.29, 1.82) is 0 Å². The molecule has 7 nitrogen and oxygen atoms in total. The van der Waals surface area contributed by atoms with Crippen LogP contribution in [0.3, 0.4) is 0 Å². The fourth-order valence-electron chi connectivity index (χ4n) is 4.11. The second-order valence-corrected chi connectivity index (χ2v) is 8.93. The minimum absolute atomic E-state index is 0.0517. The van der Waals surface area contributed by atoms with Crippen LogP contribution in [0.25, 0.3) is 26.9 Å². The standard InChI is InChI=1S/C24H20N6OS/c1-15-17-14-20(32-24(17)30(27-15)16-8-4-3-5-9-16)23(31)29-13-12-28(2)21-22(29)26-19-11-7-6-10-18(19)25-21/h3-11,14H,12-13H2,1-2H3. The Morgan fingerprint density at radius 3 is 2.38 bits per heavy atom. The number of carbonyl (C=O) groups excluding carboxylic acids is 1. The van der Waals surface area contributed by atoms with Gasteiger partial charge >= 0.3 is 0 Å². The number of aromatic nitrogens is 4. The van der Waals surface area contributed by atoms with Crippen LogP contribution in [0.2, 0.25) is 0 Å². The van der Waals surface area contributed by atoms with E-state index in [1.165, 1.54) is 11.3 Å². The number of nitrogens with zero attached hydrogens (tertiary/aromatic N) is 6. The van der Waals surface area contributed by atoms with E-state index in [1.54, 1.807) is 4.90 Å². The van der Waals surface area contributed by atoms with Crippen LogP contribution in [-0.2, 0) is 0 Å². The Hall–Kier alpha value is -3.78. The number of carbonyl (C=O) groups is 1. The summed E-state index contributed by atoms with van der Waals surface area (Å²) in [5.41, 5.74) is 3.50. The van der Waals surface area contributed by atoms with Crippen LogP contribution >= 0.6 is 11.3 Å². The number of benzene rings is 2. The molecule has 158 valence electrons. The van der Waals surface area contributed by atoms with E-state index in [4.69, 9.17) is 9.97 Å². The number of amides is 1. The number of thiophene rings is 1. The van der Waals surface area contributed by atoms with E-state index in [2.05, 4.69) is 10.00 Å². The average Bonchev–Trinajstić information content (AvgIpc) is 3.39. The van der Waals surface area contributed by atoms with Crippen molar-refractivity contribution in [2.45, 2.75) is 6.92 Å². The molecule has 0 saturated carbocycles. The largest absolute Gasteiger partial charge is 0.355 e. The highest BCUT2D eigenvalue weighted by atomic mass is 32.1. The molecule has 2 aromatic carbocycles. The summed E-state index contributed by atoms with van der Waals surface area (Å²) < 4.78 is 1.91. The summed E-state index contributed by atoms with van der Waals surface area (Å²) in [6, 6.07) is 19.7. The number of fused-ring (bicyclic) bond motifs is 3. The quantitative estimate of drug-likeness (QED) is 0.406. The molecule has 3 aromatic heterocycles. The molecule has 1 aliphatic heterocycles. The van der Waals surface area contributed by atoms with Gasteiger partial charge in [-0.1, -0.05) is 30.3 Å². The molecule has 0 saturated heterocycles. The van der Waals surface area contributed by atoms with Crippen LogP contribution in [0.5, 0.6) is 0 Å². The minimum Gasteiger partial charge on any atom is -0.355 e. The van der Waals surface area contributed by atoms with Gasteiger partial charge in [0.15, 0.2) is 11.6 Å². The Labute approximate surface area is 188 Å². The van der Waals surface area contributed by atoms with E-state index < -0.39 is 0 Å². The molecule has 0 spiro atoms. The van der Waals surface area contributed by atoms with Crippen molar-refractivity contribution < 1.29 is 4.79 Å². The maximum absolute atomic E-state index is 13.7. The smallest absolute Gasteiger partial charge is 0.269 e. The minimum atomic E-state index is -0.0517. The molecule has 8 heteroatoms. The van der Waals surface area contributed by atoms with Gasteiger partial charge in [0.1, 0.15) is 4.83 Å². The van der Waals surface area contributed by atoms with Gasteiger partial charge in [0.2, 0.25) is 0 Å². The summed E-state index contributed by atoms with van der Waals surface area (Å²) in [7, 11) is 1.99. The summed E-state index contributed by atoms with van der Waals surface area (Å²) in [5, 5.41) is 5.69. The Morgan fingerprint density at radius 2 is 1.62 bits per heavy atom. The molecule has 32 heavy (non-hydrogen) atoms. The SMILES string of the molecule is Cc1nn(-c2ccccc2)c2sc(C(=O)N3CCN(C)c4nc5ccccc5nc43)cc12. The molecule has 6 rings (SSSR count). The number of hydrogen-bond donors (Lipinski definition) is 0. The highest BCUT2D eigenvalue weighted by Gasteiger charge is 2.30. The van der Waals surface area contributed by atoms with Gasteiger partial charge in [-0.15, -0.1) is 11.3 Å². The molecule has 5 aromatic rings. The molecule has 0 atom stereocenters. The molecule has 0 bridgehead atoms. The van der Waals surface area contributed by atoms with E-state index in [0.717, 1.165) is 38.4 Å². The van der Waals surface area contributed by atoms with Gasteiger partial charge in [0, 0.05) is 25.5 Å². The zero-order valence-electron chi connectivity index (χ0n) is 17.7. The first kappa shape index (κ1) is 18.9. The fourth-order valence-corrected chi connectivity index (χ4v) is 5.24. The molecule has 1 amide bonds. The molecule has 4 heterocycles. The van der Waals surface area contributed by atoms with E-state index in [0.29, 0.717) is 23.8 Å². The third-order valence-electron chi connectivity index (χ3n) is 5.81. The van der Waals surface area contributed by atoms with Crippen LogP contribution in [0, 0.1) is 6.92 Å². The first-order chi connectivity index (χ1) is 15.6. The third-order valence-corrected chi connectivity index (χ3v) is 6.91. The normalized spacial score (nSPS) is 13.7. The van der Waals surface area contributed by atoms with Gasteiger partial charge in [0.05, 0.1) is 27.3 Å². The fraction of sp³-hybridized carbons (Fsp3) is 0.167. The molecule has 0 unspecified atom stereocenters. The molecular weight excluding hydrogens is 420 g/mol. The summed E-state index contributed by atoms with van der Waals surface area (Å²) in [5.74, 6) is 1.29. The van der Waals surface area contributed by atoms with Gasteiger partial charge in [-0.25, -0.2) is 14.6 Å². The Balaban J connectivity index is 1.45. The lowest BCUT2D eigenvalue weighted by Crippen LogP contribution is -2.43. The lowest BCUT2D eigenvalue weighted by Gasteiger charge is -2.33. The number of likely N-dealkylation sites (N-methyl/N-ethyl adjacent to an activating group) is 1. The summed E-state index contributed by atoms with van der Waals surface area (Å²) in [6.07, 6.45) is 0. The van der Waals surface area contributed by atoms with Crippen LogP contribution in [-0.4, -0.2) is 45.8 Å². The summed E-state index contributed by atoms with van der Waals surface area (Å²) in [6.45, 7) is 3.24. The average molecular weight is 441 g/mol. The summed E-state index contributed by atoms with van der Waals surface area (Å²) in [4.78, 5) is 28.7. The van der Waals surface area contributed by atoms with E-state index in [1.807, 2.05) is 79.3 Å². The van der Waals surface area contributed by atoms with Crippen LogP contribution in [0.1, 0.15) is 15.4 Å². The van der Waals surface area contributed by atoms with Gasteiger partial charge in [0.25, 0.3) is 5.91 Å². The van der Waals surface area contributed by atoms with Crippen LogP contribution < -0.4 is 9.80 Å². The van der Waals surface area contributed by atoms with E-state index >= 15 is 0 Å². The van der Waals surface area contributed by atoms with Crippen molar-refractivity contribution in [3.63, 3.8) is 0 Å². The maximum Gasteiger partial charge on any atom is 0.269 e. The second kappa shape index (κ2) is 7.13. The van der Waals surface area contributed by atoms with Crippen molar-refractivity contribution >= 4 is 50.1 Å². The summed E-state index contributed by atoms with van der Waals surface area (Å²) >= 11 is 1.47. The monoisotopic (exact) mass is 440 g/mol. The number of hydrogen-bond acceptors (Lipinski definition) is 6. The lowest BCUT2D eigenvalue weighted by atomic mass is 10.2. The van der Waals surface area contributed by atoms with Crippen molar-refractivity contribution in [1.82, 2.24) is 19.7 Å². The first-order valence-corrected chi connectivity index (χ1v) is 11.3. The molecule has 0 radical (unpaired) electrons. The number of anilines is 2. The Kier molecular flexibility index (Phi) is 4.22. The van der Waals surface area contributed by atoms with E-state index in [9.17, 15) is 4.79 Å². The second-order valence-electron chi connectivity index (χ2n) is 7.90. The van der Waals surface area contributed by atoms with Gasteiger partial charge in [-0.05, 0) is 37.3 Å². The van der Waals surface area contributed by atoms with Gasteiger partial charge in [-0.2, -0.15) is 5.10 Å². The molecule has 1 aliphatic rings. The van der Waals surface area contributed by atoms with Crippen molar-refractivity contribution in [2.24, 2.45) is 0 Å². The Bertz CT molecular complexity index is 1490. The highest BCUT2D eigenvalue weighted by Crippen LogP contribution is 2.35. The van der Waals surface area contributed by atoms with E-state index in [-0.39, 0.29) is 5.91 Å². The Morgan fingerprint density at radius 1 is 0.938 bits per heavy atom. The number of para-hydroxylation sites is 3. The predicted molar refractivity (Wildman–Crippen MR) is 128 cm³/mol. The van der Waals surface area contributed by atoms with Crippen LogP contribution in [0.15, 0.2) is 60.7 Å². The van der Waals surface area contributed by atoms with Crippen molar-refractivity contribution in [3.8, 4) is 5.69 Å². The molecule has 0 aliphatic carbocycles.